The fourth-order valence-corrected chi connectivity index (χ4v) is 3.42. The van der Waals surface area contributed by atoms with Gasteiger partial charge in [0.15, 0.2) is 0 Å². The van der Waals surface area contributed by atoms with Gasteiger partial charge in [-0.1, -0.05) is 12.1 Å². The molecule has 27 heavy (non-hydrogen) atoms. The molecule has 0 spiro atoms. The van der Waals surface area contributed by atoms with Crippen molar-refractivity contribution in [1.82, 2.24) is 5.32 Å². The zero-order valence-electron chi connectivity index (χ0n) is 14.4. The van der Waals surface area contributed by atoms with Crippen LogP contribution in [-0.2, 0) is 16.6 Å². The number of hydrogen-bond donors (Lipinski definition) is 2. The second kappa shape index (κ2) is 7.63. The molecule has 0 saturated carbocycles. The Morgan fingerprint density at radius 2 is 1.93 bits per heavy atom. The van der Waals surface area contributed by atoms with Crippen molar-refractivity contribution < 1.29 is 22.0 Å². The standard InChI is InChI=1S/C19H17FN2O4S/c1-13-7-8-17(11-18(13)20)27(24,25)22-15-5-2-4-14(10-15)19(23)21-12-16-6-3-9-26-16/h2-11,22H,12H2,1H3,(H,21,23). The molecule has 0 unspecified atom stereocenters. The van der Waals surface area contributed by atoms with E-state index in [9.17, 15) is 17.6 Å². The van der Waals surface area contributed by atoms with Gasteiger partial charge in [0.25, 0.3) is 15.9 Å². The number of anilines is 1. The molecule has 3 rings (SSSR count). The number of carbonyl (C=O) groups is 1. The van der Waals surface area contributed by atoms with Crippen LogP contribution in [0.25, 0.3) is 0 Å². The van der Waals surface area contributed by atoms with E-state index in [-0.39, 0.29) is 28.6 Å². The van der Waals surface area contributed by atoms with E-state index in [0.29, 0.717) is 11.3 Å². The minimum atomic E-state index is -3.98. The third-order valence-electron chi connectivity index (χ3n) is 3.83. The molecular formula is C19H17FN2O4S. The average Bonchev–Trinajstić information content (AvgIpc) is 3.15. The van der Waals surface area contributed by atoms with Gasteiger partial charge in [-0.2, -0.15) is 0 Å². The molecule has 0 aliphatic heterocycles. The maximum absolute atomic E-state index is 13.7. The molecule has 6 nitrogen and oxygen atoms in total. The van der Waals surface area contributed by atoms with Crippen molar-refractivity contribution >= 4 is 21.6 Å². The Bertz CT molecular complexity index is 1060. The molecule has 140 valence electrons. The molecule has 0 aliphatic rings. The number of halogens is 1. The van der Waals surface area contributed by atoms with Crippen LogP contribution in [0.3, 0.4) is 0 Å². The van der Waals surface area contributed by atoms with Crippen LogP contribution in [0.4, 0.5) is 10.1 Å². The summed E-state index contributed by atoms with van der Waals surface area (Å²) in [6, 6.07) is 13.1. The summed E-state index contributed by atoms with van der Waals surface area (Å²) in [7, 11) is -3.98. The molecule has 3 aromatic rings. The van der Waals surface area contributed by atoms with Crippen LogP contribution in [0.2, 0.25) is 0 Å². The van der Waals surface area contributed by atoms with E-state index in [1.165, 1.54) is 30.5 Å². The highest BCUT2D eigenvalue weighted by atomic mass is 32.2. The molecule has 0 bridgehead atoms. The number of sulfonamides is 1. The van der Waals surface area contributed by atoms with E-state index in [1.807, 2.05) is 0 Å². The van der Waals surface area contributed by atoms with Crippen LogP contribution < -0.4 is 10.0 Å². The number of aryl methyl sites for hydroxylation is 1. The highest BCUT2D eigenvalue weighted by molar-refractivity contribution is 7.92. The molecule has 0 aliphatic carbocycles. The summed E-state index contributed by atoms with van der Waals surface area (Å²) in [5.74, 6) is -0.389. The first-order chi connectivity index (χ1) is 12.8. The Balaban J connectivity index is 1.74. The lowest BCUT2D eigenvalue weighted by Crippen LogP contribution is -2.22. The van der Waals surface area contributed by atoms with Gasteiger partial charge < -0.3 is 9.73 Å². The van der Waals surface area contributed by atoms with E-state index in [4.69, 9.17) is 4.42 Å². The Morgan fingerprint density at radius 1 is 1.11 bits per heavy atom. The lowest BCUT2D eigenvalue weighted by atomic mass is 10.2. The molecule has 0 fully saturated rings. The zero-order chi connectivity index (χ0) is 19.4. The highest BCUT2D eigenvalue weighted by Gasteiger charge is 2.16. The quantitative estimate of drug-likeness (QED) is 0.677. The van der Waals surface area contributed by atoms with Crippen LogP contribution in [-0.4, -0.2) is 14.3 Å². The van der Waals surface area contributed by atoms with Crippen molar-refractivity contribution in [3.63, 3.8) is 0 Å². The van der Waals surface area contributed by atoms with Crippen molar-refractivity contribution in [1.29, 1.82) is 0 Å². The van der Waals surface area contributed by atoms with Gasteiger partial charge in [0.1, 0.15) is 11.6 Å². The van der Waals surface area contributed by atoms with E-state index >= 15 is 0 Å². The largest absolute Gasteiger partial charge is 0.467 e. The Kier molecular flexibility index (Phi) is 5.27. The first-order valence-electron chi connectivity index (χ1n) is 8.05. The second-order valence-corrected chi connectivity index (χ2v) is 7.54. The summed E-state index contributed by atoms with van der Waals surface area (Å²) in [6.07, 6.45) is 1.50. The smallest absolute Gasteiger partial charge is 0.261 e. The predicted molar refractivity (Wildman–Crippen MR) is 98.3 cm³/mol. The topological polar surface area (TPSA) is 88.4 Å². The SMILES string of the molecule is Cc1ccc(S(=O)(=O)Nc2cccc(C(=O)NCc3ccco3)c2)cc1F. The van der Waals surface area contributed by atoms with E-state index in [2.05, 4.69) is 10.0 Å². The molecule has 1 heterocycles. The van der Waals surface area contributed by atoms with Gasteiger partial charge >= 0.3 is 0 Å². The number of nitrogens with one attached hydrogen (secondary N) is 2. The van der Waals surface area contributed by atoms with Crippen molar-refractivity contribution in [2.45, 2.75) is 18.4 Å². The first-order valence-corrected chi connectivity index (χ1v) is 9.53. The maximum atomic E-state index is 13.7. The van der Waals surface area contributed by atoms with Gasteiger partial charge in [0.2, 0.25) is 0 Å². The summed E-state index contributed by atoms with van der Waals surface area (Å²) in [5.41, 5.74) is 0.822. The molecule has 1 aromatic heterocycles. The molecule has 0 radical (unpaired) electrons. The minimum Gasteiger partial charge on any atom is -0.467 e. The molecule has 8 heteroatoms. The number of amides is 1. The summed E-state index contributed by atoms with van der Waals surface area (Å²) in [5, 5.41) is 2.68. The van der Waals surface area contributed by atoms with Crippen molar-refractivity contribution in [2.24, 2.45) is 0 Å². The average molecular weight is 388 g/mol. The van der Waals surface area contributed by atoms with Crippen LogP contribution in [0, 0.1) is 12.7 Å². The number of benzene rings is 2. The summed E-state index contributed by atoms with van der Waals surface area (Å²) >= 11 is 0. The molecule has 2 aromatic carbocycles. The number of hydrogen-bond acceptors (Lipinski definition) is 4. The van der Waals surface area contributed by atoms with Gasteiger partial charge in [-0.05, 0) is 55.0 Å². The highest BCUT2D eigenvalue weighted by Crippen LogP contribution is 2.19. The summed E-state index contributed by atoms with van der Waals surface area (Å²) in [6.45, 7) is 1.76. The molecular weight excluding hydrogens is 371 g/mol. The Morgan fingerprint density at radius 3 is 2.63 bits per heavy atom. The third kappa shape index (κ3) is 4.53. The van der Waals surface area contributed by atoms with Crippen LogP contribution in [0.15, 0.2) is 70.2 Å². The van der Waals surface area contributed by atoms with Gasteiger partial charge in [-0.25, -0.2) is 12.8 Å². The molecule has 2 N–H and O–H groups in total. The number of furan rings is 1. The monoisotopic (exact) mass is 388 g/mol. The second-order valence-electron chi connectivity index (χ2n) is 5.86. The summed E-state index contributed by atoms with van der Waals surface area (Å²) < 4.78 is 46.0. The third-order valence-corrected chi connectivity index (χ3v) is 5.21. The van der Waals surface area contributed by atoms with E-state index < -0.39 is 15.8 Å². The Hall–Kier alpha value is -3.13. The van der Waals surface area contributed by atoms with Crippen molar-refractivity contribution in [3.8, 4) is 0 Å². The minimum absolute atomic E-state index is 0.196. The van der Waals surface area contributed by atoms with E-state index in [0.717, 1.165) is 6.07 Å². The van der Waals surface area contributed by atoms with Crippen LogP contribution >= 0.6 is 0 Å². The summed E-state index contributed by atoms with van der Waals surface area (Å²) in [4.78, 5) is 12.0. The number of carbonyl (C=O) groups excluding carboxylic acids is 1. The first kappa shape index (κ1) is 18.7. The van der Waals surface area contributed by atoms with Crippen LogP contribution in [0.1, 0.15) is 21.7 Å². The molecule has 0 saturated heterocycles. The lowest BCUT2D eigenvalue weighted by molar-refractivity contribution is 0.0948. The van der Waals surface area contributed by atoms with Gasteiger partial charge in [0.05, 0.1) is 17.7 Å². The lowest BCUT2D eigenvalue weighted by Gasteiger charge is -2.10. The molecule has 1 amide bonds. The van der Waals surface area contributed by atoms with Crippen molar-refractivity contribution in [2.75, 3.05) is 4.72 Å². The fraction of sp³-hybridized carbons (Fsp3) is 0.105. The van der Waals surface area contributed by atoms with Crippen LogP contribution in [0.5, 0.6) is 0 Å². The normalized spacial score (nSPS) is 11.2. The fourth-order valence-electron chi connectivity index (χ4n) is 2.36. The zero-order valence-corrected chi connectivity index (χ0v) is 15.2. The van der Waals surface area contributed by atoms with Gasteiger partial charge in [-0.3, -0.25) is 9.52 Å². The van der Waals surface area contributed by atoms with Gasteiger partial charge in [0, 0.05) is 11.3 Å². The maximum Gasteiger partial charge on any atom is 0.261 e. The number of rotatable bonds is 6. The van der Waals surface area contributed by atoms with Gasteiger partial charge in [-0.15, -0.1) is 0 Å². The molecule has 0 atom stereocenters. The predicted octanol–water partition coefficient (Wildman–Crippen LogP) is 3.46. The Labute approximate surface area is 156 Å². The van der Waals surface area contributed by atoms with E-state index in [1.54, 1.807) is 31.2 Å². The van der Waals surface area contributed by atoms with Crippen molar-refractivity contribution in [3.05, 3.63) is 83.6 Å².